The van der Waals surface area contributed by atoms with Crippen LogP contribution in [0.3, 0.4) is 0 Å². The number of carbonyl (C=O) groups is 1. The lowest BCUT2D eigenvalue weighted by Gasteiger charge is -2.08. The molecule has 1 rings (SSSR count). The Morgan fingerprint density at radius 3 is 2.71 bits per heavy atom. The molecule has 2 N–H and O–H groups in total. The predicted octanol–water partition coefficient (Wildman–Crippen LogP) is 1.54. The second-order valence-electron chi connectivity index (χ2n) is 4.51. The van der Waals surface area contributed by atoms with Crippen LogP contribution < -0.4 is 15.4 Å². The summed E-state index contributed by atoms with van der Waals surface area (Å²) in [5, 5.41) is 5.99. The molecule has 0 aliphatic heterocycles. The highest BCUT2D eigenvalue weighted by molar-refractivity contribution is 5.85. The van der Waals surface area contributed by atoms with Gasteiger partial charge in [0, 0.05) is 26.7 Å². The summed E-state index contributed by atoms with van der Waals surface area (Å²) in [6.07, 6.45) is 0.367. The van der Waals surface area contributed by atoms with Crippen LogP contribution in [0.15, 0.2) is 24.3 Å². The van der Waals surface area contributed by atoms with Gasteiger partial charge in [-0.3, -0.25) is 4.79 Å². The van der Waals surface area contributed by atoms with Crippen molar-refractivity contribution in [3.63, 3.8) is 0 Å². The standard InChI is InChI=1S/C15H24N2O3.ClH/c1-13-4-3-5-14(12-13)20-10-6-15(18)17-8-7-16-9-11-19-2;/h3-5,12,16H,6-11H2,1-2H3,(H,17,18);1H. The molecule has 0 saturated carbocycles. The van der Waals surface area contributed by atoms with E-state index >= 15 is 0 Å². The van der Waals surface area contributed by atoms with Crippen molar-refractivity contribution in [1.29, 1.82) is 0 Å². The molecule has 0 saturated heterocycles. The molecule has 6 heteroatoms. The van der Waals surface area contributed by atoms with Gasteiger partial charge in [-0.2, -0.15) is 0 Å². The SMILES string of the molecule is COCCNCCNC(=O)CCOc1cccc(C)c1.Cl. The van der Waals surface area contributed by atoms with E-state index < -0.39 is 0 Å². The van der Waals surface area contributed by atoms with E-state index in [9.17, 15) is 4.79 Å². The van der Waals surface area contributed by atoms with Crippen molar-refractivity contribution < 1.29 is 14.3 Å². The first-order chi connectivity index (χ1) is 9.72. The number of rotatable bonds is 10. The van der Waals surface area contributed by atoms with Crippen LogP contribution >= 0.6 is 12.4 Å². The van der Waals surface area contributed by atoms with Crippen molar-refractivity contribution in [2.75, 3.05) is 40.0 Å². The number of ether oxygens (including phenoxy) is 2. The summed E-state index contributed by atoms with van der Waals surface area (Å²) >= 11 is 0. The molecule has 0 fully saturated rings. The van der Waals surface area contributed by atoms with Crippen LogP contribution in [0.2, 0.25) is 0 Å². The number of hydrogen-bond donors (Lipinski definition) is 2. The Hall–Kier alpha value is -1.30. The van der Waals surface area contributed by atoms with Crippen LogP contribution in [0.25, 0.3) is 0 Å². The van der Waals surface area contributed by atoms with Gasteiger partial charge in [0.05, 0.1) is 19.6 Å². The van der Waals surface area contributed by atoms with E-state index in [1.165, 1.54) is 0 Å². The van der Waals surface area contributed by atoms with Gasteiger partial charge in [0.2, 0.25) is 5.91 Å². The second-order valence-corrected chi connectivity index (χ2v) is 4.51. The maximum absolute atomic E-state index is 11.5. The fourth-order valence-electron chi connectivity index (χ4n) is 1.64. The Labute approximate surface area is 132 Å². The van der Waals surface area contributed by atoms with Crippen molar-refractivity contribution >= 4 is 18.3 Å². The molecule has 0 atom stereocenters. The highest BCUT2D eigenvalue weighted by Crippen LogP contribution is 2.12. The number of nitrogens with one attached hydrogen (secondary N) is 2. The fourth-order valence-corrected chi connectivity index (χ4v) is 1.64. The summed E-state index contributed by atoms with van der Waals surface area (Å²) in [6.45, 7) is 5.24. The molecule has 0 heterocycles. The predicted molar refractivity (Wildman–Crippen MR) is 86.3 cm³/mol. The zero-order valence-corrected chi connectivity index (χ0v) is 13.5. The van der Waals surface area contributed by atoms with Gasteiger partial charge in [0.25, 0.3) is 0 Å². The van der Waals surface area contributed by atoms with Crippen molar-refractivity contribution in [3.05, 3.63) is 29.8 Å². The molecule has 120 valence electrons. The molecular weight excluding hydrogens is 292 g/mol. The van der Waals surface area contributed by atoms with Crippen molar-refractivity contribution in [1.82, 2.24) is 10.6 Å². The summed E-state index contributed by atoms with van der Waals surface area (Å²) in [5.74, 6) is 0.810. The molecule has 0 aliphatic rings. The molecule has 5 nitrogen and oxygen atoms in total. The molecule has 0 bridgehead atoms. The average molecular weight is 317 g/mol. The minimum absolute atomic E-state index is 0. The second kappa shape index (κ2) is 12.4. The molecule has 0 spiro atoms. The van der Waals surface area contributed by atoms with Gasteiger partial charge in [-0.05, 0) is 24.6 Å². The van der Waals surface area contributed by atoms with Crippen molar-refractivity contribution in [3.8, 4) is 5.75 Å². The van der Waals surface area contributed by atoms with Gasteiger partial charge < -0.3 is 20.1 Å². The lowest BCUT2D eigenvalue weighted by molar-refractivity contribution is -0.121. The maximum atomic E-state index is 11.5. The highest BCUT2D eigenvalue weighted by atomic mass is 35.5. The smallest absolute Gasteiger partial charge is 0.223 e. The van der Waals surface area contributed by atoms with E-state index in [0.717, 1.165) is 24.4 Å². The molecular formula is C15H25ClN2O3. The first kappa shape index (κ1) is 19.7. The normalized spacial score (nSPS) is 9.81. The van der Waals surface area contributed by atoms with Crippen LogP contribution in [0, 0.1) is 6.92 Å². The maximum Gasteiger partial charge on any atom is 0.223 e. The van der Waals surface area contributed by atoms with E-state index in [4.69, 9.17) is 9.47 Å². The summed E-state index contributed by atoms with van der Waals surface area (Å²) in [7, 11) is 1.66. The minimum Gasteiger partial charge on any atom is -0.493 e. The van der Waals surface area contributed by atoms with Gasteiger partial charge in [0.1, 0.15) is 5.75 Å². The van der Waals surface area contributed by atoms with E-state index in [-0.39, 0.29) is 18.3 Å². The van der Waals surface area contributed by atoms with Gasteiger partial charge in [0.15, 0.2) is 0 Å². The number of carbonyl (C=O) groups excluding carboxylic acids is 1. The number of methoxy groups -OCH3 is 1. The molecule has 0 aliphatic carbocycles. The topological polar surface area (TPSA) is 59.6 Å². The Morgan fingerprint density at radius 1 is 1.19 bits per heavy atom. The summed E-state index contributed by atoms with van der Waals surface area (Å²) in [6, 6.07) is 7.80. The Bertz CT molecular complexity index is 402. The lowest BCUT2D eigenvalue weighted by atomic mass is 10.2. The minimum atomic E-state index is 0. The summed E-state index contributed by atoms with van der Waals surface area (Å²) < 4.78 is 10.4. The zero-order valence-electron chi connectivity index (χ0n) is 12.7. The van der Waals surface area contributed by atoms with Crippen LogP contribution in [-0.4, -0.2) is 45.9 Å². The van der Waals surface area contributed by atoms with E-state index in [0.29, 0.717) is 26.2 Å². The van der Waals surface area contributed by atoms with Crippen molar-refractivity contribution in [2.45, 2.75) is 13.3 Å². The zero-order chi connectivity index (χ0) is 14.6. The quantitative estimate of drug-likeness (QED) is 0.643. The van der Waals surface area contributed by atoms with E-state index in [2.05, 4.69) is 10.6 Å². The number of benzene rings is 1. The molecule has 1 aromatic rings. The average Bonchev–Trinajstić information content (AvgIpc) is 2.43. The molecule has 1 amide bonds. The first-order valence-corrected chi connectivity index (χ1v) is 6.88. The monoisotopic (exact) mass is 316 g/mol. The Balaban J connectivity index is 0.00000400. The number of aryl methyl sites for hydroxylation is 1. The largest absolute Gasteiger partial charge is 0.493 e. The van der Waals surface area contributed by atoms with Crippen LogP contribution in [-0.2, 0) is 9.53 Å². The van der Waals surface area contributed by atoms with Gasteiger partial charge >= 0.3 is 0 Å². The Kier molecular flexibility index (Phi) is 11.7. The van der Waals surface area contributed by atoms with Crippen LogP contribution in [0.5, 0.6) is 5.75 Å². The van der Waals surface area contributed by atoms with Gasteiger partial charge in [-0.25, -0.2) is 0 Å². The fraction of sp³-hybridized carbons (Fsp3) is 0.533. The summed E-state index contributed by atoms with van der Waals surface area (Å²) in [5.41, 5.74) is 1.15. The van der Waals surface area contributed by atoms with Crippen LogP contribution in [0.4, 0.5) is 0 Å². The third kappa shape index (κ3) is 10.1. The molecule has 0 aromatic heterocycles. The number of halogens is 1. The first-order valence-electron chi connectivity index (χ1n) is 6.88. The molecule has 1 aromatic carbocycles. The van der Waals surface area contributed by atoms with Gasteiger partial charge in [-0.1, -0.05) is 12.1 Å². The molecule has 0 unspecified atom stereocenters. The van der Waals surface area contributed by atoms with Gasteiger partial charge in [-0.15, -0.1) is 12.4 Å². The third-order valence-corrected chi connectivity index (χ3v) is 2.69. The van der Waals surface area contributed by atoms with Crippen molar-refractivity contribution in [2.24, 2.45) is 0 Å². The van der Waals surface area contributed by atoms with E-state index in [1.807, 2.05) is 31.2 Å². The number of amides is 1. The Morgan fingerprint density at radius 2 is 2.00 bits per heavy atom. The van der Waals surface area contributed by atoms with Crippen LogP contribution in [0.1, 0.15) is 12.0 Å². The molecule has 0 radical (unpaired) electrons. The highest BCUT2D eigenvalue weighted by Gasteiger charge is 2.01. The van der Waals surface area contributed by atoms with E-state index in [1.54, 1.807) is 7.11 Å². The summed E-state index contributed by atoms with van der Waals surface area (Å²) in [4.78, 5) is 11.5. The number of hydrogen-bond acceptors (Lipinski definition) is 4. The lowest BCUT2D eigenvalue weighted by Crippen LogP contribution is -2.33. The third-order valence-electron chi connectivity index (χ3n) is 2.69. The molecule has 21 heavy (non-hydrogen) atoms.